The van der Waals surface area contributed by atoms with Crippen molar-refractivity contribution in [1.82, 2.24) is 4.90 Å². The highest BCUT2D eigenvalue weighted by Crippen LogP contribution is 2.39. The van der Waals surface area contributed by atoms with Crippen LogP contribution >= 0.6 is 0 Å². The first-order valence-electron chi connectivity index (χ1n) is 21.8. The van der Waals surface area contributed by atoms with E-state index in [1.807, 2.05) is 33.8 Å². The van der Waals surface area contributed by atoms with Gasteiger partial charge in [0.15, 0.2) is 0 Å². The van der Waals surface area contributed by atoms with E-state index < -0.39 is 77.9 Å². The number of hydrogen-bond acceptors (Lipinski definition) is 12. The van der Waals surface area contributed by atoms with Gasteiger partial charge in [0.2, 0.25) is 5.79 Å². The molecule has 4 rings (SSSR count). The number of rotatable bonds is 7. The number of piperidine rings is 1. The number of amides is 1. The summed E-state index contributed by atoms with van der Waals surface area (Å²) in [5, 5.41) is 43.8. The molecule has 0 aromatic carbocycles. The van der Waals surface area contributed by atoms with Gasteiger partial charge in [-0.2, -0.15) is 0 Å². The summed E-state index contributed by atoms with van der Waals surface area (Å²) in [5.74, 6) is -7.08. The van der Waals surface area contributed by atoms with Crippen molar-refractivity contribution in [3.63, 3.8) is 0 Å². The molecule has 1 amide bonds. The molecule has 0 aromatic heterocycles. The van der Waals surface area contributed by atoms with Crippen LogP contribution in [0.15, 0.2) is 34.9 Å². The van der Waals surface area contributed by atoms with Crippen molar-refractivity contribution in [2.24, 2.45) is 29.6 Å². The van der Waals surface area contributed by atoms with E-state index in [0.29, 0.717) is 62.7 Å². The van der Waals surface area contributed by atoms with Gasteiger partial charge in [-0.1, -0.05) is 50.1 Å². The first kappa shape index (κ1) is 51.5. The lowest BCUT2D eigenvalue weighted by atomic mass is 9.81. The molecule has 4 aliphatic rings. The van der Waals surface area contributed by atoms with Gasteiger partial charge in [-0.25, -0.2) is 4.79 Å². The van der Waals surface area contributed by atoms with E-state index in [0.717, 1.165) is 11.1 Å². The van der Waals surface area contributed by atoms with Crippen LogP contribution in [0.1, 0.15) is 119 Å². The maximum atomic E-state index is 14.4. The van der Waals surface area contributed by atoms with Gasteiger partial charge in [0.25, 0.3) is 11.7 Å². The van der Waals surface area contributed by atoms with Gasteiger partial charge in [0.1, 0.15) is 18.2 Å². The topological polar surface area (TPSA) is 217 Å². The van der Waals surface area contributed by atoms with Gasteiger partial charge in [0.05, 0.1) is 30.5 Å². The van der Waals surface area contributed by atoms with Crippen LogP contribution in [0, 0.1) is 35.0 Å². The summed E-state index contributed by atoms with van der Waals surface area (Å²) in [6, 6.07) is -1.12. The minimum atomic E-state index is -2.50. The van der Waals surface area contributed by atoms with Crippen molar-refractivity contribution in [2.45, 2.75) is 174 Å². The smallest absolute Gasteiger partial charge is 0.329 e. The van der Waals surface area contributed by atoms with Crippen LogP contribution in [0.5, 0.6) is 0 Å². The number of carbonyl (C=O) groups is 3. The van der Waals surface area contributed by atoms with Crippen LogP contribution in [0.25, 0.3) is 0 Å². The second-order valence-corrected chi connectivity index (χ2v) is 18.3. The normalized spacial score (nSPS) is 39.3. The van der Waals surface area contributed by atoms with Gasteiger partial charge in [-0.05, 0) is 109 Å². The molecule has 6 N–H and O–H groups in total. The first-order chi connectivity index (χ1) is 27.8. The second-order valence-electron chi connectivity index (χ2n) is 18.3. The van der Waals surface area contributed by atoms with E-state index in [4.69, 9.17) is 23.7 Å². The molecule has 2 bridgehead atoms. The highest BCUT2D eigenvalue weighted by atomic mass is 16.7. The molecule has 0 spiro atoms. The van der Waals surface area contributed by atoms with Crippen molar-refractivity contribution >= 4 is 23.4 Å². The number of methoxy groups -OCH3 is 3. The number of nitrogens with one attached hydrogen (secondary N) is 1. The van der Waals surface area contributed by atoms with Gasteiger partial charge in [-0.15, -0.1) is 0 Å². The van der Waals surface area contributed by atoms with Gasteiger partial charge in [0, 0.05) is 57.8 Å². The van der Waals surface area contributed by atoms with E-state index in [1.165, 1.54) is 4.90 Å². The SMILES string of the molecule is CO[C@H]1C[C@@H](C)C/C(C)=C/[C@@H](CC=C(C)C)C(=N)C[C@H](O)[C@@H](C)[C@@H](/C(C)=C/[C@@H]2CC[C@@H](O)[C@H](OC)C2)OC(=O)[C@@H]2CCCCN2C(=O)C(=O)[C@]2(O)O[C@H]1[C@@H](OC)C[C@H]2C.O. The molecule has 14 heteroatoms. The second kappa shape index (κ2) is 23.0. The molecule has 14 atom stereocenters. The lowest BCUT2D eigenvalue weighted by molar-refractivity contribution is -0.302. The van der Waals surface area contributed by atoms with E-state index in [-0.39, 0.29) is 55.1 Å². The number of fused-ring (bicyclic) bond motifs is 3. The lowest BCUT2D eigenvalue weighted by Crippen LogP contribution is -2.64. The number of ether oxygens (including phenoxy) is 5. The summed E-state index contributed by atoms with van der Waals surface area (Å²) in [6.07, 6.45) is 6.55. The molecule has 14 nitrogen and oxygen atoms in total. The quantitative estimate of drug-likeness (QED) is 0.151. The van der Waals surface area contributed by atoms with Crippen LogP contribution in [0.4, 0.5) is 0 Å². The number of cyclic esters (lactones) is 1. The molecule has 3 fully saturated rings. The van der Waals surface area contributed by atoms with E-state index in [9.17, 15) is 35.1 Å². The largest absolute Gasteiger partial charge is 0.456 e. The maximum absolute atomic E-state index is 14.4. The molecule has 0 radical (unpaired) electrons. The zero-order chi connectivity index (χ0) is 43.8. The monoisotopic (exact) mass is 849 g/mol. The number of nitrogens with zero attached hydrogens (tertiary/aromatic N) is 1. The van der Waals surface area contributed by atoms with Crippen molar-refractivity contribution in [1.29, 1.82) is 5.41 Å². The summed E-state index contributed by atoms with van der Waals surface area (Å²) in [6.45, 7) is 13.6. The Kier molecular flexibility index (Phi) is 19.8. The van der Waals surface area contributed by atoms with E-state index in [1.54, 1.807) is 35.2 Å². The molecule has 2 saturated heterocycles. The predicted octanol–water partition coefficient (Wildman–Crippen LogP) is 5.05. The van der Waals surface area contributed by atoms with Crippen LogP contribution in [-0.4, -0.2) is 131 Å². The molecule has 342 valence electrons. The van der Waals surface area contributed by atoms with Crippen molar-refractivity contribution in [2.75, 3.05) is 27.9 Å². The minimum absolute atomic E-state index is 0. The molecule has 1 saturated carbocycles. The summed E-state index contributed by atoms with van der Waals surface area (Å²) < 4.78 is 30.0. The number of ketones is 1. The molecule has 3 aliphatic heterocycles. The third-order valence-corrected chi connectivity index (χ3v) is 13.3. The molecule has 0 unspecified atom stereocenters. The number of aliphatic hydroxyl groups is 3. The Balaban J connectivity index is 0.00000961. The fraction of sp³-hybridized carbons (Fsp3) is 0.783. The number of allylic oxidation sites excluding steroid dienone is 5. The lowest BCUT2D eigenvalue weighted by Gasteiger charge is -2.47. The minimum Gasteiger partial charge on any atom is -0.456 e. The van der Waals surface area contributed by atoms with Crippen LogP contribution < -0.4 is 0 Å². The van der Waals surface area contributed by atoms with Gasteiger partial charge >= 0.3 is 5.97 Å². The Labute approximate surface area is 357 Å². The Morgan fingerprint density at radius 2 is 1.57 bits per heavy atom. The zero-order valence-electron chi connectivity index (χ0n) is 37.8. The first-order valence-corrected chi connectivity index (χ1v) is 21.8. The van der Waals surface area contributed by atoms with Crippen LogP contribution in [0.2, 0.25) is 0 Å². The Morgan fingerprint density at radius 1 is 0.917 bits per heavy atom. The summed E-state index contributed by atoms with van der Waals surface area (Å²) in [5.41, 5.74) is 3.25. The van der Waals surface area contributed by atoms with Crippen molar-refractivity contribution in [3.05, 3.63) is 34.9 Å². The van der Waals surface area contributed by atoms with Crippen LogP contribution in [0.3, 0.4) is 0 Å². The van der Waals surface area contributed by atoms with Gasteiger partial charge < -0.3 is 54.8 Å². The third kappa shape index (κ3) is 12.6. The molecule has 1 aliphatic carbocycles. The number of carbonyl (C=O) groups excluding carboxylic acids is 3. The highest BCUT2D eigenvalue weighted by molar-refractivity contribution is 6.39. The Bertz CT molecular complexity index is 1560. The Hall–Kier alpha value is -2.82. The Morgan fingerprint density at radius 3 is 2.20 bits per heavy atom. The average molecular weight is 849 g/mol. The molecular formula is C46H76N2O12. The average Bonchev–Trinajstić information content (AvgIpc) is 3.20. The van der Waals surface area contributed by atoms with Crippen molar-refractivity contribution < 1.29 is 58.9 Å². The molecule has 0 aromatic rings. The van der Waals surface area contributed by atoms with E-state index in [2.05, 4.69) is 19.1 Å². The summed E-state index contributed by atoms with van der Waals surface area (Å²) in [4.78, 5) is 44.2. The number of hydrogen-bond donors (Lipinski definition) is 4. The molecular weight excluding hydrogens is 773 g/mol. The fourth-order valence-electron chi connectivity index (χ4n) is 9.65. The fourth-order valence-corrected chi connectivity index (χ4v) is 9.65. The summed E-state index contributed by atoms with van der Waals surface area (Å²) >= 11 is 0. The van der Waals surface area contributed by atoms with Gasteiger partial charge in [-0.3, -0.25) is 9.59 Å². The number of esters is 1. The predicted molar refractivity (Wildman–Crippen MR) is 228 cm³/mol. The molecule has 3 heterocycles. The van der Waals surface area contributed by atoms with Crippen molar-refractivity contribution in [3.8, 4) is 0 Å². The van der Waals surface area contributed by atoms with E-state index >= 15 is 0 Å². The third-order valence-electron chi connectivity index (χ3n) is 13.3. The molecule has 60 heavy (non-hydrogen) atoms. The number of aliphatic hydroxyl groups excluding tert-OH is 2. The highest BCUT2D eigenvalue weighted by Gasteiger charge is 2.56. The standard InChI is InChI=1S/C46H74N2O11.H2O/c1-26(2)14-16-33-20-27(3)19-28(4)21-39(56-9)42-40(57-10)23-30(6)46(54,59-42)43(51)44(52)48-18-12-11-13-35(48)45(53)58-41(31(7)37(50)25-34(33)47)29(5)22-32-15-17-36(49)38(24-32)55-8;/h14,20,22,28,30-33,35-42,47,49-50,54H,11-13,15-19,21,23-25H2,1-10H3;1H2/b27-20+,29-22+,47-34?;/t28-,30+,31+,32-,33+,35-,36+,37-,38+,39-,40-,41+,42+,46+;/m0./s1. The maximum Gasteiger partial charge on any atom is 0.329 e. The number of Topliss-reactive ketones (excluding diaryl/α,β-unsaturated/α-hetero) is 1. The zero-order valence-corrected chi connectivity index (χ0v) is 37.8. The summed E-state index contributed by atoms with van der Waals surface area (Å²) in [7, 11) is 4.67. The van der Waals surface area contributed by atoms with Crippen LogP contribution in [-0.2, 0) is 38.1 Å².